The molecule has 0 unspecified atom stereocenters. The second kappa shape index (κ2) is 7.16. The van der Waals surface area contributed by atoms with Crippen LogP contribution in [0.25, 0.3) is 0 Å². The summed E-state index contributed by atoms with van der Waals surface area (Å²) < 4.78 is 5.63. The average Bonchev–Trinajstić information content (AvgIpc) is 2.91. The summed E-state index contributed by atoms with van der Waals surface area (Å²) >= 11 is 12.1. The van der Waals surface area contributed by atoms with Crippen molar-refractivity contribution in [3.8, 4) is 5.75 Å². The van der Waals surface area contributed by atoms with Gasteiger partial charge in [-0.15, -0.1) is 0 Å². The molecule has 0 aromatic heterocycles. The second-order valence-corrected chi connectivity index (χ2v) is 5.63. The third kappa shape index (κ3) is 3.78. The zero-order chi connectivity index (χ0) is 14.5. The summed E-state index contributed by atoms with van der Waals surface area (Å²) in [6.45, 7) is 2.23. The molecule has 1 aromatic rings. The molecule has 4 nitrogen and oxygen atoms in total. The fraction of sp³-hybridized carbons (Fsp3) is 0.500. The monoisotopic (exact) mass is 316 g/mol. The van der Waals surface area contributed by atoms with Crippen molar-refractivity contribution in [1.29, 1.82) is 0 Å². The van der Waals surface area contributed by atoms with E-state index in [1.807, 2.05) is 11.9 Å². The summed E-state index contributed by atoms with van der Waals surface area (Å²) in [7, 11) is 1.83. The van der Waals surface area contributed by atoms with Gasteiger partial charge in [-0.1, -0.05) is 23.2 Å². The third-order valence-electron chi connectivity index (χ3n) is 3.25. The van der Waals surface area contributed by atoms with E-state index in [-0.39, 0.29) is 12.5 Å². The van der Waals surface area contributed by atoms with Gasteiger partial charge in [0.05, 0.1) is 5.02 Å². The summed E-state index contributed by atoms with van der Waals surface area (Å²) in [5.41, 5.74) is 0.847. The van der Waals surface area contributed by atoms with Gasteiger partial charge in [0.1, 0.15) is 5.75 Å². The number of amides is 1. The first-order chi connectivity index (χ1) is 9.61. The minimum atomic E-state index is 0.00363. The van der Waals surface area contributed by atoms with Gasteiger partial charge in [0.25, 0.3) is 5.91 Å². The van der Waals surface area contributed by atoms with E-state index >= 15 is 0 Å². The number of nitrogens with one attached hydrogen (secondary N) is 1. The highest BCUT2D eigenvalue weighted by atomic mass is 35.5. The molecular formula is C14H18Cl2N2O2. The van der Waals surface area contributed by atoms with Crippen molar-refractivity contribution in [1.82, 2.24) is 10.2 Å². The first kappa shape index (κ1) is 15.4. The second-order valence-electron chi connectivity index (χ2n) is 4.78. The number of rotatable bonds is 5. The van der Waals surface area contributed by atoms with Crippen LogP contribution < -0.4 is 10.1 Å². The first-order valence-corrected chi connectivity index (χ1v) is 7.40. The maximum absolute atomic E-state index is 12.0. The molecule has 1 fully saturated rings. The minimum Gasteiger partial charge on any atom is -0.482 e. The highest BCUT2D eigenvalue weighted by Gasteiger charge is 2.19. The number of carbonyl (C=O) groups excluding carboxylic acids is 1. The SMILES string of the molecule is CNCc1cc(Cl)cc(Cl)c1OCC(=O)N1CCCC1. The van der Waals surface area contributed by atoms with Gasteiger partial charge in [0.2, 0.25) is 0 Å². The van der Waals surface area contributed by atoms with E-state index in [0.29, 0.717) is 22.3 Å². The maximum atomic E-state index is 12.0. The number of benzene rings is 1. The molecule has 0 bridgehead atoms. The smallest absolute Gasteiger partial charge is 0.260 e. The van der Waals surface area contributed by atoms with Gasteiger partial charge in [0, 0.05) is 30.2 Å². The molecule has 1 aliphatic heterocycles. The van der Waals surface area contributed by atoms with E-state index in [9.17, 15) is 4.79 Å². The predicted octanol–water partition coefficient (Wildman–Crippen LogP) is 2.71. The number of nitrogens with zero attached hydrogens (tertiary/aromatic N) is 1. The Hall–Kier alpha value is -0.970. The van der Waals surface area contributed by atoms with Gasteiger partial charge >= 0.3 is 0 Å². The van der Waals surface area contributed by atoms with Crippen LogP contribution in [0.15, 0.2) is 12.1 Å². The zero-order valence-corrected chi connectivity index (χ0v) is 12.9. The van der Waals surface area contributed by atoms with Crippen molar-refractivity contribution < 1.29 is 9.53 Å². The number of ether oxygens (including phenoxy) is 1. The van der Waals surface area contributed by atoms with Crippen molar-refractivity contribution in [2.75, 3.05) is 26.7 Å². The lowest BCUT2D eigenvalue weighted by Gasteiger charge is -2.17. The lowest BCUT2D eigenvalue weighted by atomic mass is 10.2. The average molecular weight is 317 g/mol. The largest absolute Gasteiger partial charge is 0.482 e. The van der Waals surface area contributed by atoms with E-state index in [1.54, 1.807) is 12.1 Å². The molecule has 110 valence electrons. The van der Waals surface area contributed by atoms with Crippen LogP contribution in [0.3, 0.4) is 0 Å². The van der Waals surface area contributed by atoms with Gasteiger partial charge < -0.3 is 15.0 Å². The summed E-state index contributed by atoms with van der Waals surface area (Å²) in [5.74, 6) is 0.530. The fourth-order valence-corrected chi connectivity index (χ4v) is 2.88. The van der Waals surface area contributed by atoms with Crippen molar-refractivity contribution in [3.05, 3.63) is 27.7 Å². The number of carbonyl (C=O) groups is 1. The molecule has 1 aliphatic rings. The van der Waals surface area contributed by atoms with Crippen molar-refractivity contribution in [2.45, 2.75) is 19.4 Å². The number of halogens is 2. The Morgan fingerprint density at radius 3 is 2.70 bits per heavy atom. The Bertz CT molecular complexity index is 488. The van der Waals surface area contributed by atoms with Gasteiger partial charge in [0.15, 0.2) is 6.61 Å². The first-order valence-electron chi connectivity index (χ1n) is 6.65. The summed E-state index contributed by atoms with van der Waals surface area (Å²) in [6.07, 6.45) is 2.14. The van der Waals surface area contributed by atoms with Crippen LogP contribution in [-0.4, -0.2) is 37.6 Å². The van der Waals surface area contributed by atoms with Gasteiger partial charge in [-0.3, -0.25) is 4.79 Å². The molecule has 1 amide bonds. The van der Waals surface area contributed by atoms with Crippen LogP contribution >= 0.6 is 23.2 Å². The van der Waals surface area contributed by atoms with Crippen LogP contribution in [0, 0.1) is 0 Å². The molecule has 1 aromatic carbocycles. The fourth-order valence-electron chi connectivity index (χ4n) is 2.29. The van der Waals surface area contributed by atoms with Crippen molar-refractivity contribution >= 4 is 29.1 Å². The summed E-state index contributed by atoms with van der Waals surface area (Å²) in [6, 6.07) is 3.41. The lowest BCUT2D eigenvalue weighted by molar-refractivity contribution is -0.132. The van der Waals surface area contributed by atoms with Crippen LogP contribution in [0.5, 0.6) is 5.75 Å². The molecule has 6 heteroatoms. The topological polar surface area (TPSA) is 41.6 Å². The van der Waals surface area contributed by atoms with Crippen molar-refractivity contribution in [3.63, 3.8) is 0 Å². The number of likely N-dealkylation sites (tertiary alicyclic amines) is 1. The van der Waals surface area contributed by atoms with Gasteiger partial charge in [-0.25, -0.2) is 0 Å². The molecular weight excluding hydrogens is 299 g/mol. The predicted molar refractivity (Wildman–Crippen MR) is 80.5 cm³/mol. The standard InChI is InChI=1S/C14H18Cl2N2O2/c1-17-8-10-6-11(15)7-12(16)14(10)20-9-13(19)18-4-2-3-5-18/h6-7,17H,2-5,8-9H2,1H3. The van der Waals surface area contributed by atoms with E-state index in [1.165, 1.54) is 0 Å². The highest BCUT2D eigenvalue weighted by molar-refractivity contribution is 6.35. The van der Waals surface area contributed by atoms with Gasteiger partial charge in [-0.2, -0.15) is 0 Å². The molecule has 1 N–H and O–H groups in total. The van der Waals surface area contributed by atoms with Crippen LogP contribution in [0.1, 0.15) is 18.4 Å². The molecule has 0 radical (unpaired) electrons. The minimum absolute atomic E-state index is 0.00363. The van der Waals surface area contributed by atoms with E-state index in [2.05, 4.69) is 5.32 Å². The normalized spacial score (nSPS) is 14.7. The third-order valence-corrected chi connectivity index (χ3v) is 3.75. The van der Waals surface area contributed by atoms with Crippen molar-refractivity contribution in [2.24, 2.45) is 0 Å². The molecule has 0 saturated carbocycles. The van der Waals surface area contributed by atoms with Crippen LogP contribution in [0.2, 0.25) is 10.0 Å². The van der Waals surface area contributed by atoms with Crippen LogP contribution in [-0.2, 0) is 11.3 Å². The molecule has 1 saturated heterocycles. The Kier molecular flexibility index (Phi) is 5.52. The summed E-state index contributed by atoms with van der Waals surface area (Å²) in [4.78, 5) is 13.8. The summed E-state index contributed by atoms with van der Waals surface area (Å²) in [5, 5.41) is 4.01. The Morgan fingerprint density at radius 1 is 1.35 bits per heavy atom. The molecule has 0 atom stereocenters. The highest BCUT2D eigenvalue weighted by Crippen LogP contribution is 2.32. The van der Waals surface area contributed by atoms with Crippen LogP contribution in [0.4, 0.5) is 0 Å². The molecule has 0 aliphatic carbocycles. The van der Waals surface area contributed by atoms with E-state index < -0.39 is 0 Å². The Labute approximate surface area is 129 Å². The zero-order valence-electron chi connectivity index (χ0n) is 11.4. The van der Waals surface area contributed by atoms with E-state index in [0.717, 1.165) is 31.5 Å². The number of hydrogen-bond donors (Lipinski definition) is 1. The molecule has 1 heterocycles. The Balaban J connectivity index is 2.06. The lowest BCUT2D eigenvalue weighted by Crippen LogP contribution is -2.32. The number of hydrogen-bond acceptors (Lipinski definition) is 3. The maximum Gasteiger partial charge on any atom is 0.260 e. The quantitative estimate of drug-likeness (QED) is 0.908. The van der Waals surface area contributed by atoms with E-state index in [4.69, 9.17) is 27.9 Å². The molecule has 0 spiro atoms. The van der Waals surface area contributed by atoms with Gasteiger partial charge in [-0.05, 0) is 32.0 Å². The molecule has 2 rings (SSSR count). The Morgan fingerprint density at radius 2 is 2.05 bits per heavy atom. The molecule has 20 heavy (non-hydrogen) atoms.